The molecule has 5 nitrogen and oxygen atoms in total. The van der Waals surface area contributed by atoms with Crippen molar-refractivity contribution in [3.63, 3.8) is 0 Å². The average molecular weight is 288 g/mol. The van der Waals surface area contributed by atoms with Crippen LogP contribution in [-0.4, -0.2) is 33.4 Å². The monoisotopic (exact) mass is 287 g/mol. The summed E-state index contributed by atoms with van der Waals surface area (Å²) in [7, 11) is 0. The molecule has 1 amide bonds. The second-order valence-corrected chi connectivity index (χ2v) is 6.21. The average Bonchev–Trinajstić information content (AvgIpc) is 2.52. The molecular weight excluding hydrogens is 266 g/mol. The minimum absolute atomic E-state index is 0.107. The van der Waals surface area contributed by atoms with Crippen LogP contribution in [0.15, 0.2) is 0 Å². The van der Waals surface area contributed by atoms with Crippen LogP contribution in [0.4, 0.5) is 0 Å². The molecule has 0 spiro atoms. The first-order valence-corrected chi connectivity index (χ1v) is 6.65. The molecule has 2 N–H and O–H groups in total. The molecule has 0 radical (unpaired) electrons. The van der Waals surface area contributed by atoms with Gasteiger partial charge in [0.25, 0.3) is 0 Å². The van der Waals surface area contributed by atoms with E-state index < -0.39 is 6.10 Å². The number of aliphatic hydroxyl groups excluding tert-OH is 1. The standard InChI is InChI=1S/C13H22ClN3O2/c1-8-12(14)9(2)17(16-8)7-11(19)15-6-10(18)13(3,4)5/h10,18H,6-7H2,1-5H3,(H,15,19). The van der Waals surface area contributed by atoms with Gasteiger partial charge in [0.05, 0.1) is 22.5 Å². The van der Waals surface area contributed by atoms with Gasteiger partial charge in [-0.15, -0.1) is 0 Å². The zero-order chi connectivity index (χ0) is 14.8. The van der Waals surface area contributed by atoms with Gasteiger partial charge in [-0.2, -0.15) is 5.10 Å². The van der Waals surface area contributed by atoms with Crippen LogP contribution in [0.25, 0.3) is 0 Å². The molecule has 0 aliphatic heterocycles. The lowest BCUT2D eigenvalue weighted by atomic mass is 9.89. The number of aryl methyl sites for hydroxylation is 1. The lowest BCUT2D eigenvalue weighted by Gasteiger charge is -2.25. The fourth-order valence-electron chi connectivity index (χ4n) is 1.54. The van der Waals surface area contributed by atoms with E-state index in [-0.39, 0.29) is 24.4 Å². The molecule has 0 saturated heterocycles. The lowest BCUT2D eigenvalue weighted by Crippen LogP contribution is -2.40. The molecule has 6 heteroatoms. The van der Waals surface area contributed by atoms with E-state index in [1.54, 1.807) is 11.6 Å². The number of aromatic nitrogens is 2. The van der Waals surface area contributed by atoms with E-state index in [1.165, 1.54) is 0 Å². The molecule has 1 aromatic rings. The molecular formula is C13H22ClN3O2. The van der Waals surface area contributed by atoms with Crippen molar-refractivity contribution in [1.29, 1.82) is 0 Å². The molecule has 0 aliphatic carbocycles. The van der Waals surface area contributed by atoms with E-state index in [0.717, 1.165) is 5.69 Å². The van der Waals surface area contributed by atoms with Crippen molar-refractivity contribution in [2.75, 3.05) is 6.54 Å². The molecule has 0 saturated carbocycles. The topological polar surface area (TPSA) is 67.2 Å². The number of amides is 1. The minimum atomic E-state index is -0.583. The predicted molar refractivity (Wildman–Crippen MR) is 75.2 cm³/mol. The van der Waals surface area contributed by atoms with Crippen molar-refractivity contribution in [3.05, 3.63) is 16.4 Å². The summed E-state index contributed by atoms with van der Waals surface area (Å²) in [6, 6.07) is 0. The van der Waals surface area contributed by atoms with E-state index in [1.807, 2.05) is 27.7 Å². The molecule has 108 valence electrons. The van der Waals surface area contributed by atoms with Gasteiger partial charge in [-0.1, -0.05) is 32.4 Å². The number of nitrogens with one attached hydrogen (secondary N) is 1. The molecule has 1 unspecified atom stereocenters. The highest BCUT2D eigenvalue weighted by Crippen LogP contribution is 2.19. The SMILES string of the molecule is Cc1nn(CC(=O)NCC(O)C(C)(C)C)c(C)c1Cl. The van der Waals surface area contributed by atoms with Crippen molar-refractivity contribution < 1.29 is 9.90 Å². The molecule has 0 aromatic carbocycles. The smallest absolute Gasteiger partial charge is 0.241 e. The third kappa shape index (κ3) is 4.21. The maximum absolute atomic E-state index is 11.8. The number of hydrogen-bond donors (Lipinski definition) is 2. The first kappa shape index (κ1) is 16.0. The van der Waals surface area contributed by atoms with Crippen molar-refractivity contribution in [2.24, 2.45) is 5.41 Å². The number of hydrogen-bond acceptors (Lipinski definition) is 3. The number of aliphatic hydroxyl groups is 1. The fraction of sp³-hybridized carbons (Fsp3) is 0.692. The Morgan fingerprint density at radius 3 is 2.47 bits per heavy atom. The van der Waals surface area contributed by atoms with Gasteiger partial charge in [-0.3, -0.25) is 9.48 Å². The Kier molecular flexibility index (Phi) is 4.98. The van der Waals surface area contributed by atoms with Crippen LogP contribution in [0.2, 0.25) is 5.02 Å². The molecule has 1 heterocycles. The summed E-state index contributed by atoms with van der Waals surface area (Å²) in [6.45, 7) is 9.72. The van der Waals surface area contributed by atoms with Crippen molar-refractivity contribution in [1.82, 2.24) is 15.1 Å². The molecule has 19 heavy (non-hydrogen) atoms. The second-order valence-electron chi connectivity index (χ2n) is 5.83. The summed E-state index contributed by atoms with van der Waals surface area (Å²) in [5.74, 6) is -0.189. The van der Waals surface area contributed by atoms with Crippen molar-refractivity contribution in [3.8, 4) is 0 Å². The van der Waals surface area contributed by atoms with E-state index in [4.69, 9.17) is 11.6 Å². The number of halogens is 1. The lowest BCUT2D eigenvalue weighted by molar-refractivity contribution is -0.122. The van der Waals surface area contributed by atoms with Gasteiger partial charge in [0, 0.05) is 6.54 Å². The quantitative estimate of drug-likeness (QED) is 0.885. The minimum Gasteiger partial charge on any atom is -0.391 e. The second kappa shape index (κ2) is 5.92. The highest BCUT2D eigenvalue weighted by atomic mass is 35.5. The van der Waals surface area contributed by atoms with Gasteiger partial charge in [0.2, 0.25) is 5.91 Å². The summed E-state index contributed by atoms with van der Waals surface area (Å²) in [5, 5.41) is 17.3. The molecule has 1 atom stereocenters. The van der Waals surface area contributed by atoms with Crippen LogP contribution < -0.4 is 5.32 Å². The Balaban J connectivity index is 2.55. The van der Waals surface area contributed by atoms with Gasteiger partial charge < -0.3 is 10.4 Å². The maximum atomic E-state index is 11.8. The summed E-state index contributed by atoms with van der Waals surface area (Å²) in [6.07, 6.45) is -0.583. The Bertz CT molecular complexity index is 463. The fourth-order valence-corrected chi connectivity index (χ4v) is 1.67. The van der Waals surface area contributed by atoms with Crippen LogP contribution in [0.3, 0.4) is 0 Å². The number of rotatable bonds is 4. The normalized spacial score (nSPS) is 13.4. The van der Waals surface area contributed by atoms with Gasteiger partial charge >= 0.3 is 0 Å². The zero-order valence-electron chi connectivity index (χ0n) is 12.1. The van der Waals surface area contributed by atoms with Crippen LogP contribution >= 0.6 is 11.6 Å². The van der Waals surface area contributed by atoms with E-state index in [9.17, 15) is 9.90 Å². The number of nitrogens with zero attached hydrogens (tertiary/aromatic N) is 2. The van der Waals surface area contributed by atoms with Crippen molar-refractivity contribution in [2.45, 2.75) is 47.3 Å². The van der Waals surface area contributed by atoms with E-state index in [0.29, 0.717) is 10.7 Å². The summed E-state index contributed by atoms with van der Waals surface area (Å²) >= 11 is 6.01. The van der Waals surface area contributed by atoms with E-state index >= 15 is 0 Å². The van der Waals surface area contributed by atoms with Gasteiger partial charge in [0.15, 0.2) is 0 Å². The largest absolute Gasteiger partial charge is 0.391 e. The predicted octanol–water partition coefficient (Wildman–Crippen LogP) is 1.68. The molecule has 0 aliphatic rings. The zero-order valence-corrected chi connectivity index (χ0v) is 12.9. The van der Waals surface area contributed by atoms with Crippen LogP contribution in [-0.2, 0) is 11.3 Å². The molecule has 0 bridgehead atoms. The Labute approximate surface area is 118 Å². The molecule has 0 fully saturated rings. The first-order valence-electron chi connectivity index (χ1n) is 6.27. The van der Waals surface area contributed by atoms with E-state index in [2.05, 4.69) is 10.4 Å². The Morgan fingerprint density at radius 1 is 1.47 bits per heavy atom. The Morgan fingerprint density at radius 2 is 2.05 bits per heavy atom. The van der Waals surface area contributed by atoms with Crippen LogP contribution in [0, 0.1) is 19.3 Å². The van der Waals surface area contributed by atoms with Crippen LogP contribution in [0.1, 0.15) is 32.2 Å². The highest BCUT2D eigenvalue weighted by Gasteiger charge is 2.22. The van der Waals surface area contributed by atoms with Gasteiger partial charge in [0.1, 0.15) is 6.54 Å². The third-order valence-corrected chi connectivity index (χ3v) is 3.63. The van der Waals surface area contributed by atoms with Crippen molar-refractivity contribution >= 4 is 17.5 Å². The van der Waals surface area contributed by atoms with Gasteiger partial charge in [-0.05, 0) is 19.3 Å². The van der Waals surface area contributed by atoms with Crippen LogP contribution in [0.5, 0.6) is 0 Å². The third-order valence-electron chi connectivity index (χ3n) is 3.08. The highest BCUT2D eigenvalue weighted by molar-refractivity contribution is 6.31. The molecule has 1 rings (SSSR count). The van der Waals surface area contributed by atoms with Gasteiger partial charge in [-0.25, -0.2) is 0 Å². The first-order chi connectivity index (χ1) is 8.62. The molecule has 1 aromatic heterocycles. The number of carbonyl (C=O) groups is 1. The summed E-state index contributed by atoms with van der Waals surface area (Å²) in [5.41, 5.74) is 1.22. The number of carbonyl (C=O) groups excluding carboxylic acids is 1. The Hall–Kier alpha value is -1.07. The summed E-state index contributed by atoms with van der Waals surface area (Å²) < 4.78 is 1.57. The summed E-state index contributed by atoms with van der Waals surface area (Å²) in [4.78, 5) is 11.8. The maximum Gasteiger partial charge on any atom is 0.241 e.